The lowest BCUT2D eigenvalue weighted by molar-refractivity contribution is 0.0869. The lowest BCUT2D eigenvalue weighted by Crippen LogP contribution is -2.40. The molecule has 1 unspecified atom stereocenters. The summed E-state index contributed by atoms with van der Waals surface area (Å²) < 4.78 is 0. The fraction of sp³-hybridized carbons (Fsp3) is 0.379. The maximum atomic E-state index is 12.5. The summed E-state index contributed by atoms with van der Waals surface area (Å²) in [5.41, 5.74) is 9.40. The Bertz CT molecular complexity index is 1230. The zero-order chi connectivity index (χ0) is 25.6. The van der Waals surface area contributed by atoms with Crippen molar-refractivity contribution in [1.82, 2.24) is 15.2 Å². The fourth-order valence-electron chi connectivity index (χ4n) is 3.82. The number of nitrogens with one attached hydrogen (secondary N) is 1. The molecule has 0 saturated heterocycles. The molecule has 0 spiro atoms. The van der Waals surface area contributed by atoms with E-state index < -0.39 is 6.10 Å². The van der Waals surface area contributed by atoms with E-state index in [-0.39, 0.29) is 17.9 Å². The third-order valence-electron chi connectivity index (χ3n) is 6.13. The second kappa shape index (κ2) is 11.4. The number of nitrogens with two attached hydrogens (primary N) is 1. The summed E-state index contributed by atoms with van der Waals surface area (Å²) in [7, 11) is 0. The molecule has 0 bridgehead atoms. The van der Waals surface area contributed by atoms with E-state index in [1.165, 1.54) is 5.56 Å². The van der Waals surface area contributed by atoms with Gasteiger partial charge in [-0.3, -0.25) is 4.79 Å². The van der Waals surface area contributed by atoms with E-state index in [0.29, 0.717) is 23.5 Å². The second-order valence-electron chi connectivity index (χ2n) is 9.75. The van der Waals surface area contributed by atoms with Crippen molar-refractivity contribution < 1.29 is 9.90 Å². The van der Waals surface area contributed by atoms with Crippen molar-refractivity contribution in [2.75, 3.05) is 31.9 Å². The van der Waals surface area contributed by atoms with Gasteiger partial charge in [0.1, 0.15) is 5.82 Å². The van der Waals surface area contributed by atoms with Crippen LogP contribution in [0.3, 0.4) is 0 Å². The number of rotatable bonds is 7. The number of fused-ring (bicyclic) bond motifs is 1. The highest BCUT2D eigenvalue weighted by Crippen LogP contribution is 2.29. The number of nitrogens with zero attached hydrogens (tertiary/aromatic N) is 2. The fourth-order valence-corrected chi connectivity index (χ4v) is 3.82. The average Bonchev–Trinajstić information content (AvgIpc) is 2.84. The third kappa shape index (κ3) is 6.82. The predicted octanol–water partition coefficient (Wildman–Crippen LogP) is 3.95. The Morgan fingerprint density at radius 1 is 1.11 bits per heavy atom. The normalized spacial score (nSPS) is 12.3. The summed E-state index contributed by atoms with van der Waals surface area (Å²) in [5, 5.41) is 14.9. The van der Waals surface area contributed by atoms with Crippen molar-refractivity contribution in [2.45, 2.75) is 46.1 Å². The van der Waals surface area contributed by atoms with Crippen LogP contribution < -0.4 is 11.1 Å². The number of pyridine rings is 1. The van der Waals surface area contributed by atoms with Crippen LogP contribution in [0.2, 0.25) is 0 Å². The standard InChI is InChI=1S/C29H36N4O2/c1-6-33(7-2)19-24(34)18-32-28(35)21-11-8-20(9-12-21)10-15-25-26-16-23(29(3,4)5)14-13-22(26)17-31-27(25)30/h8-9,11-14,16-17,24,34H,6-7,18-19H2,1-5H3,(H2,30,31)(H,32,35). The number of likely N-dealkylation sites (N-methyl/N-ethyl adjacent to an activating group) is 1. The molecule has 4 N–H and O–H groups in total. The molecular formula is C29H36N4O2. The van der Waals surface area contributed by atoms with Crippen LogP contribution in [0.5, 0.6) is 0 Å². The molecule has 1 atom stereocenters. The maximum absolute atomic E-state index is 12.5. The molecule has 1 heterocycles. The van der Waals surface area contributed by atoms with Crippen LogP contribution in [-0.2, 0) is 5.41 Å². The van der Waals surface area contributed by atoms with Crippen molar-refractivity contribution in [2.24, 2.45) is 0 Å². The van der Waals surface area contributed by atoms with Gasteiger partial charge >= 0.3 is 0 Å². The maximum Gasteiger partial charge on any atom is 0.251 e. The molecule has 2 aromatic carbocycles. The summed E-state index contributed by atoms with van der Waals surface area (Å²) in [6.45, 7) is 13.1. The first-order valence-electron chi connectivity index (χ1n) is 12.1. The van der Waals surface area contributed by atoms with Gasteiger partial charge in [0, 0.05) is 41.2 Å². The van der Waals surface area contributed by atoms with Gasteiger partial charge in [0.25, 0.3) is 5.91 Å². The largest absolute Gasteiger partial charge is 0.390 e. The molecule has 0 aliphatic heterocycles. The van der Waals surface area contributed by atoms with Crippen molar-refractivity contribution in [3.8, 4) is 11.8 Å². The van der Waals surface area contributed by atoms with Crippen molar-refractivity contribution in [3.63, 3.8) is 0 Å². The molecule has 0 aliphatic carbocycles. The second-order valence-corrected chi connectivity index (χ2v) is 9.75. The molecule has 0 fully saturated rings. The minimum atomic E-state index is -0.609. The highest BCUT2D eigenvalue weighted by Gasteiger charge is 2.15. The Kier molecular flexibility index (Phi) is 8.50. The Hall–Kier alpha value is -3.40. The molecule has 6 heteroatoms. The van der Waals surface area contributed by atoms with Gasteiger partial charge in [-0.1, -0.05) is 58.6 Å². The van der Waals surface area contributed by atoms with E-state index in [4.69, 9.17) is 5.73 Å². The van der Waals surface area contributed by atoms with Gasteiger partial charge in [0.05, 0.1) is 11.7 Å². The first-order valence-corrected chi connectivity index (χ1v) is 12.1. The summed E-state index contributed by atoms with van der Waals surface area (Å²) in [6.07, 6.45) is 1.16. The van der Waals surface area contributed by atoms with Gasteiger partial charge in [-0.15, -0.1) is 0 Å². The van der Waals surface area contributed by atoms with E-state index in [1.807, 2.05) is 26.0 Å². The average molecular weight is 473 g/mol. The van der Waals surface area contributed by atoms with Crippen molar-refractivity contribution in [1.29, 1.82) is 0 Å². The van der Waals surface area contributed by atoms with E-state index in [1.54, 1.807) is 18.3 Å². The first kappa shape index (κ1) is 26.2. The number of hydrogen-bond acceptors (Lipinski definition) is 5. The molecule has 0 aliphatic rings. The van der Waals surface area contributed by atoms with Gasteiger partial charge in [-0.05, 0) is 54.4 Å². The van der Waals surface area contributed by atoms with Crippen molar-refractivity contribution in [3.05, 3.63) is 70.9 Å². The number of nitrogen functional groups attached to an aromatic ring is 1. The summed E-state index contributed by atoms with van der Waals surface area (Å²) in [5.74, 6) is 6.53. The molecule has 6 nitrogen and oxygen atoms in total. The molecule has 3 rings (SSSR count). The first-order chi connectivity index (χ1) is 16.6. The summed E-state index contributed by atoms with van der Waals surface area (Å²) >= 11 is 0. The van der Waals surface area contributed by atoms with E-state index in [9.17, 15) is 9.90 Å². The van der Waals surface area contributed by atoms with Crippen molar-refractivity contribution >= 4 is 22.5 Å². The predicted molar refractivity (Wildman–Crippen MR) is 143 cm³/mol. The Balaban J connectivity index is 1.74. The van der Waals surface area contributed by atoms with Crippen LogP contribution in [-0.4, -0.2) is 53.2 Å². The molecule has 0 saturated carbocycles. The summed E-state index contributed by atoms with van der Waals surface area (Å²) in [6, 6.07) is 13.4. The Morgan fingerprint density at radius 3 is 2.43 bits per heavy atom. The van der Waals surface area contributed by atoms with Gasteiger partial charge < -0.3 is 21.1 Å². The van der Waals surface area contributed by atoms with E-state index >= 15 is 0 Å². The molecule has 35 heavy (non-hydrogen) atoms. The van der Waals surface area contributed by atoms with Crippen LogP contribution in [0, 0.1) is 11.8 Å². The quantitative estimate of drug-likeness (QED) is 0.453. The molecule has 0 radical (unpaired) electrons. The van der Waals surface area contributed by atoms with Gasteiger partial charge in [0.2, 0.25) is 0 Å². The monoisotopic (exact) mass is 472 g/mol. The number of aromatic nitrogens is 1. The minimum absolute atomic E-state index is 0.00868. The lowest BCUT2D eigenvalue weighted by atomic mass is 9.85. The molecule has 1 aromatic heterocycles. The highest BCUT2D eigenvalue weighted by molar-refractivity contribution is 5.94. The summed E-state index contributed by atoms with van der Waals surface area (Å²) in [4.78, 5) is 18.9. The zero-order valence-electron chi connectivity index (χ0n) is 21.4. The zero-order valence-corrected chi connectivity index (χ0v) is 21.4. The SMILES string of the molecule is CCN(CC)CC(O)CNC(=O)c1ccc(C#Cc2c(N)ncc3ccc(C(C)(C)C)cc23)cc1. The number of anilines is 1. The highest BCUT2D eigenvalue weighted by atomic mass is 16.3. The van der Waals surface area contributed by atoms with Gasteiger partial charge in [-0.25, -0.2) is 4.98 Å². The Morgan fingerprint density at radius 2 is 1.80 bits per heavy atom. The number of aliphatic hydroxyl groups excluding tert-OH is 1. The van der Waals surface area contributed by atoms with Gasteiger partial charge in [0.15, 0.2) is 0 Å². The molecule has 3 aromatic rings. The molecule has 1 amide bonds. The topological polar surface area (TPSA) is 91.5 Å². The number of aliphatic hydroxyl groups is 1. The number of amides is 1. The number of carbonyl (C=O) groups excluding carboxylic acids is 1. The lowest BCUT2D eigenvalue weighted by Gasteiger charge is -2.22. The van der Waals surface area contributed by atoms with Crippen LogP contribution in [0.1, 0.15) is 61.7 Å². The third-order valence-corrected chi connectivity index (χ3v) is 6.13. The Labute approximate surface area is 208 Å². The van der Waals surface area contributed by atoms with Crippen LogP contribution >= 0.6 is 0 Å². The minimum Gasteiger partial charge on any atom is -0.390 e. The molecular weight excluding hydrogens is 436 g/mol. The van der Waals surface area contributed by atoms with E-state index in [0.717, 1.165) is 29.4 Å². The van der Waals surface area contributed by atoms with E-state index in [2.05, 4.69) is 66.0 Å². The number of carbonyl (C=O) groups is 1. The molecule has 184 valence electrons. The van der Waals surface area contributed by atoms with Crippen LogP contribution in [0.4, 0.5) is 5.82 Å². The van der Waals surface area contributed by atoms with Crippen LogP contribution in [0.25, 0.3) is 10.8 Å². The smallest absolute Gasteiger partial charge is 0.251 e. The van der Waals surface area contributed by atoms with Gasteiger partial charge in [-0.2, -0.15) is 0 Å². The number of benzene rings is 2. The number of hydrogen-bond donors (Lipinski definition) is 3. The van der Waals surface area contributed by atoms with Crippen LogP contribution in [0.15, 0.2) is 48.7 Å².